The molecule has 0 radical (unpaired) electrons. The maximum atomic E-state index is 5.96. The average molecular weight is 299 g/mol. The highest BCUT2D eigenvalue weighted by molar-refractivity contribution is 5.88. The van der Waals surface area contributed by atoms with Crippen LogP contribution in [0, 0.1) is 0 Å². The lowest BCUT2D eigenvalue weighted by atomic mass is 10.1. The first kappa shape index (κ1) is 16.8. The SMILES string of the molecule is CC(C)(C)NCCCCCCOc1cccc2ccccc12. The highest BCUT2D eigenvalue weighted by Crippen LogP contribution is 2.25. The number of benzene rings is 2. The molecule has 0 heterocycles. The topological polar surface area (TPSA) is 21.3 Å². The molecule has 0 atom stereocenters. The summed E-state index contributed by atoms with van der Waals surface area (Å²) in [4.78, 5) is 0. The summed E-state index contributed by atoms with van der Waals surface area (Å²) in [6, 6.07) is 14.7. The second-order valence-electron chi connectivity index (χ2n) is 6.92. The Morgan fingerprint density at radius 1 is 0.864 bits per heavy atom. The molecule has 0 aromatic heterocycles. The van der Waals surface area contributed by atoms with Crippen molar-refractivity contribution in [3.8, 4) is 5.75 Å². The van der Waals surface area contributed by atoms with E-state index in [4.69, 9.17) is 4.74 Å². The van der Waals surface area contributed by atoms with Gasteiger partial charge in [0.15, 0.2) is 0 Å². The number of nitrogens with one attached hydrogen (secondary N) is 1. The molecule has 0 bridgehead atoms. The van der Waals surface area contributed by atoms with Crippen molar-refractivity contribution >= 4 is 10.8 Å². The molecule has 0 fully saturated rings. The van der Waals surface area contributed by atoms with E-state index in [2.05, 4.69) is 68.6 Å². The average Bonchev–Trinajstić information content (AvgIpc) is 2.49. The van der Waals surface area contributed by atoms with Crippen LogP contribution in [0.2, 0.25) is 0 Å². The molecule has 0 saturated carbocycles. The highest BCUT2D eigenvalue weighted by Gasteiger charge is 2.06. The van der Waals surface area contributed by atoms with E-state index >= 15 is 0 Å². The highest BCUT2D eigenvalue weighted by atomic mass is 16.5. The van der Waals surface area contributed by atoms with Crippen molar-refractivity contribution in [2.75, 3.05) is 13.2 Å². The van der Waals surface area contributed by atoms with E-state index in [-0.39, 0.29) is 5.54 Å². The van der Waals surface area contributed by atoms with E-state index in [0.29, 0.717) is 0 Å². The molecule has 0 amide bonds. The first-order valence-corrected chi connectivity index (χ1v) is 8.42. The Kier molecular flexibility index (Phi) is 6.26. The van der Waals surface area contributed by atoms with E-state index < -0.39 is 0 Å². The predicted molar refractivity (Wildman–Crippen MR) is 95.7 cm³/mol. The van der Waals surface area contributed by atoms with Crippen LogP contribution < -0.4 is 10.1 Å². The fourth-order valence-electron chi connectivity index (χ4n) is 2.55. The van der Waals surface area contributed by atoms with Crippen LogP contribution in [0.5, 0.6) is 5.75 Å². The van der Waals surface area contributed by atoms with Crippen molar-refractivity contribution in [1.29, 1.82) is 0 Å². The standard InChI is InChI=1S/C20H29NO/c1-20(2,3)21-15-8-4-5-9-16-22-19-14-10-12-17-11-6-7-13-18(17)19/h6-7,10-14,21H,4-5,8-9,15-16H2,1-3H3. The molecule has 2 rings (SSSR count). The number of hydrogen-bond acceptors (Lipinski definition) is 2. The molecule has 0 spiro atoms. The van der Waals surface area contributed by atoms with Crippen LogP contribution in [0.3, 0.4) is 0 Å². The van der Waals surface area contributed by atoms with Gasteiger partial charge in [0.05, 0.1) is 6.61 Å². The quantitative estimate of drug-likeness (QED) is 0.679. The van der Waals surface area contributed by atoms with Gasteiger partial charge in [0.25, 0.3) is 0 Å². The second-order valence-corrected chi connectivity index (χ2v) is 6.92. The Balaban J connectivity index is 1.64. The van der Waals surface area contributed by atoms with Gasteiger partial charge in [-0.05, 0) is 51.6 Å². The van der Waals surface area contributed by atoms with Crippen LogP contribution in [0.4, 0.5) is 0 Å². The maximum absolute atomic E-state index is 5.96. The predicted octanol–water partition coefficient (Wildman–Crippen LogP) is 5.17. The van der Waals surface area contributed by atoms with E-state index in [9.17, 15) is 0 Å². The van der Waals surface area contributed by atoms with Gasteiger partial charge >= 0.3 is 0 Å². The minimum absolute atomic E-state index is 0.234. The fourth-order valence-corrected chi connectivity index (χ4v) is 2.55. The third-order valence-electron chi connectivity index (χ3n) is 3.73. The lowest BCUT2D eigenvalue weighted by Gasteiger charge is -2.20. The molecular formula is C20H29NO. The second kappa shape index (κ2) is 8.19. The number of ether oxygens (including phenoxy) is 1. The molecule has 0 unspecified atom stereocenters. The van der Waals surface area contributed by atoms with Crippen molar-refractivity contribution in [2.24, 2.45) is 0 Å². The van der Waals surface area contributed by atoms with Crippen LogP contribution in [0.1, 0.15) is 46.5 Å². The molecule has 0 saturated heterocycles. The Labute approximate surface area is 134 Å². The van der Waals surface area contributed by atoms with Gasteiger partial charge in [-0.2, -0.15) is 0 Å². The molecule has 2 heteroatoms. The zero-order valence-electron chi connectivity index (χ0n) is 14.2. The normalized spacial score (nSPS) is 11.8. The monoisotopic (exact) mass is 299 g/mol. The lowest BCUT2D eigenvalue weighted by molar-refractivity contribution is 0.307. The van der Waals surface area contributed by atoms with Gasteiger partial charge in [0, 0.05) is 10.9 Å². The largest absolute Gasteiger partial charge is 0.493 e. The van der Waals surface area contributed by atoms with Crippen molar-refractivity contribution in [2.45, 2.75) is 52.0 Å². The van der Waals surface area contributed by atoms with Crippen molar-refractivity contribution in [3.63, 3.8) is 0 Å². The third kappa shape index (κ3) is 5.69. The van der Waals surface area contributed by atoms with Crippen LogP contribution in [-0.2, 0) is 0 Å². The first-order valence-electron chi connectivity index (χ1n) is 8.42. The maximum Gasteiger partial charge on any atom is 0.127 e. The molecule has 0 aliphatic heterocycles. The van der Waals surface area contributed by atoms with Gasteiger partial charge in [-0.3, -0.25) is 0 Å². The summed E-state index contributed by atoms with van der Waals surface area (Å²) in [6.45, 7) is 8.55. The van der Waals surface area contributed by atoms with Crippen LogP contribution in [0.25, 0.3) is 10.8 Å². The Bertz CT molecular complexity index is 566. The summed E-state index contributed by atoms with van der Waals surface area (Å²) in [7, 11) is 0. The van der Waals surface area contributed by atoms with Crippen LogP contribution in [0.15, 0.2) is 42.5 Å². The summed E-state index contributed by atoms with van der Waals surface area (Å²) in [5.74, 6) is 1.01. The van der Waals surface area contributed by atoms with Gasteiger partial charge in [-0.25, -0.2) is 0 Å². The zero-order chi connectivity index (χ0) is 15.8. The van der Waals surface area contributed by atoms with Crippen molar-refractivity contribution in [1.82, 2.24) is 5.32 Å². The lowest BCUT2D eigenvalue weighted by Crippen LogP contribution is -2.36. The fraction of sp³-hybridized carbons (Fsp3) is 0.500. The Morgan fingerprint density at radius 2 is 1.59 bits per heavy atom. The van der Waals surface area contributed by atoms with Gasteiger partial charge in [-0.15, -0.1) is 0 Å². The number of unbranched alkanes of at least 4 members (excludes halogenated alkanes) is 3. The van der Waals surface area contributed by atoms with Gasteiger partial charge in [0.1, 0.15) is 5.75 Å². The van der Waals surface area contributed by atoms with Crippen molar-refractivity contribution < 1.29 is 4.74 Å². The molecule has 2 aromatic carbocycles. The van der Waals surface area contributed by atoms with Gasteiger partial charge in [-0.1, -0.05) is 49.2 Å². The molecule has 0 aliphatic rings. The summed E-state index contributed by atoms with van der Waals surface area (Å²) >= 11 is 0. The van der Waals surface area contributed by atoms with Crippen LogP contribution >= 0.6 is 0 Å². The number of hydrogen-bond donors (Lipinski definition) is 1. The zero-order valence-corrected chi connectivity index (χ0v) is 14.2. The van der Waals surface area contributed by atoms with Gasteiger partial charge < -0.3 is 10.1 Å². The van der Waals surface area contributed by atoms with E-state index in [0.717, 1.165) is 25.3 Å². The molecule has 22 heavy (non-hydrogen) atoms. The molecule has 0 aliphatic carbocycles. The van der Waals surface area contributed by atoms with E-state index in [1.165, 1.54) is 30.0 Å². The minimum atomic E-state index is 0.234. The van der Waals surface area contributed by atoms with E-state index in [1.54, 1.807) is 0 Å². The summed E-state index contributed by atoms with van der Waals surface area (Å²) in [6.07, 6.45) is 4.86. The van der Waals surface area contributed by atoms with Gasteiger partial charge in [0.2, 0.25) is 0 Å². The summed E-state index contributed by atoms with van der Waals surface area (Å²) < 4.78 is 5.96. The number of rotatable bonds is 8. The Hall–Kier alpha value is -1.54. The summed E-state index contributed by atoms with van der Waals surface area (Å²) in [5, 5.41) is 5.98. The summed E-state index contributed by atoms with van der Waals surface area (Å²) in [5.41, 5.74) is 0.234. The molecular weight excluding hydrogens is 270 g/mol. The van der Waals surface area contributed by atoms with Crippen molar-refractivity contribution in [3.05, 3.63) is 42.5 Å². The third-order valence-corrected chi connectivity index (χ3v) is 3.73. The molecule has 120 valence electrons. The number of fused-ring (bicyclic) bond motifs is 1. The molecule has 1 N–H and O–H groups in total. The first-order chi connectivity index (χ1) is 10.6. The van der Waals surface area contributed by atoms with Crippen LogP contribution in [-0.4, -0.2) is 18.7 Å². The molecule has 2 nitrogen and oxygen atoms in total. The Morgan fingerprint density at radius 3 is 2.41 bits per heavy atom. The molecule has 2 aromatic rings. The minimum Gasteiger partial charge on any atom is -0.493 e. The smallest absolute Gasteiger partial charge is 0.127 e. The van der Waals surface area contributed by atoms with E-state index in [1.807, 2.05) is 0 Å².